The number of pyridine rings is 1. The zero-order chi connectivity index (χ0) is 17.4. The van der Waals surface area contributed by atoms with Gasteiger partial charge < -0.3 is 10.1 Å². The van der Waals surface area contributed by atoms with Crippen molar-refractivity contribution in [2.24, 2.45) is 0 Å². The molecule has 0 amide bonds. The van der Waals surface area contributed by atoms with E-state index in [1.807, 2.05) is 18.3 Å². The highest BCUT2D eigenvalue weighted by atomic mass is 79.9. The van der Waals surface area contributed by atoms with Crippen LogP contribution >= 0.6 is 15.9 Å². The number of nitrogens with zero attached hydrogens (tertiary/aromatic N) is 2. The Kier molecular flexibility index (Phi) is 4.58. The summed E-state index contributed by atoms with van der Waals surface area (Å²) >= 11 is 3.38. The number of aromatic nitrogens is 1. The fourth-order valence-electron chi connectivity index (χ4n) is 3.67. The second kappa shape index (κ2) is 6.86. The normalized spacial score (nSPS) is 20.4. The summed E-state index contributed by atoms with van der Waals surface area (Å²) < 4.78 is 6.04. The molecule has 1 saturated heterocycles. The third kappa shape index (κ3) is 3.34. The zero-order valence-electron chi connectivity index (χ0n) is 14.1. The van der Waals surface area contributed by atoms with Gasteiger partial charge in [0.2, 0.25) is 0 Å². The Hall–Kier alpha value is -1.76. The number of esters is 1. The summed E-state index contributed by atoms with van der Waals surface area (Å²) in [5.74, 6) is -0.203. The van der Waals surface area contributed by atoms with Crippen LogP contribution in [-0.4, -0.2) is 35.5 Å². The SMILES string of the molecule is Cc1c([C@@H]2CN(Cc3ccc(Br)nc3)CCN2)ccc2c1COC2=O. The molecule has 0 spiro atoms. The van der Waals surface area contributed by atoms with Crippen molar-refractivity contribution in [1.29, 1.82) is 0 Å². The third-order valence-corrected chi connectivity index (χ3v) is 5.51. The molecule has 0 bridgehead atoms. The molecule has 4 rings (SSSR count). The first kappa shape index (κ1) is 16.7. The summed E-state index contributed by atoms with van der Waals surface area (Å²) in [7, 11) is 0. The molecule has 1 aromatic heterocycles. The van der Waals surface area contributed by atoms with E-state index < -0.39 is 0 Å². The molecule has 1 N–H and O–H groups in total. The van der Waals surface area contributed by atoms with Gasteiger partial charge in [0.25, 0.3) is 0 Å². The van der Waals surface area contributed by atoms with Gasteiger partial charge in [-0.3, -0.25) is 4.90 Å². The van der Waals surface area contributed by atoms with Crippen LogP contribution in [0.25, 0.3) is 0 Å². The number of fused-ring (bicyclic) bond motifs is 1. The van der Waals surface area contributed by atoms with Gasteiger partial charge in [-0.1, -0.05) is 12.1 Å². The fourth-order valence-corrected chi connectivity index (χ4v) is 3.90. The van der Waals surface area contributed by atoms with Crippen LogP contribution in [0.5, 0.6) is 0 Å². The summed E-state index contributed by atoms with van der Waals surface area (Å²) in [6, 6.07) is 8.34. The molecule has 0 saturated carbocycles. The second-order valence-corrected chi connectivity index (χ2v) is 7.43. The van der Waals surface area contributed by atoms with E-state index in [0.29, 0.717) is 6.61 Å². The monoisotopic (exact) mass is 401 g/mol. The van der Waals surface area contributed by atoms with Gasteiger partial charge in [0, 0.05) is 44.0 Å². The highest BCUT2D eigenvalue weighted by Crippen LogP contribution is 2.30. The molecule has 0 unspecified atom stereocenters. The van der Waals surface area contributed by atoms with Crippen molar-refractivity contribution >= 4 is 21.9 Å². The fraction of sp³-hybridized carbons (Fsp3) is 0.368. The first-order chi connectivity index (χ1) is 12.1. The van der Waals surface area contributed by atoms with Gasteiger partial charge in [-0.2, -0.15) is 0 Å². The molecule has 2 aromatic rings. The molecule has 5 nitrogen and oxygen atoms in total. The molecule has 3 heterocycles. The van der Waals surface area contributed by atoms with Crippen molar-refractivity contribution in [2.45, 2.75) is 26.1 Å². The molecular formula is C19H20BrN3O2. The maximum absolute atomic E-state index is 11.7. The predicted octanol–water partition coefficient (Wildman–Crippen LogP) is 2.97. The summed E-state index contributed by atoms with van der Waals surface area (Å²) in [6.45, 7) is 6.28. The van der Waals surface area contributed by atoms with Crippen LogP contribution in [0.2, 0.25) is 0 Å². The van der Waals surface area contributed by atoms with Crippen LogP contribution in [0.15, 0.2) is 35.1 Å². The molecular weight excluding hydrogens is 382 g/mol. The highest BCUT2D eigenvalue weighted by molar-refractivity contribution is 9.10. The first-order valence-corrected chi connectivity index (χ1v) is 9.27. The predicted molar refractivity (Wildman–Crippen MR) is 98.3 cm³/mol. The van der Waals surface area contributed by atoms with Crippen molar-refractivity contribution in [3.63, 3.8) is 0 Å². The van der Waals surface area contributed by atoms with E-state index in [1.54, 1.807) is 0 Å². The smallest absolute Gasteiger partial charge is 0.338 e. The minimum Gasteiger partial charge on any atom is -0.457 e. The molecule has 1 aromatic carbocycles. The second-order valence-electron chi connectivity index (χ2n) is 6.61. The molecule has 25 heavy (non-hydrogen) atoms. The first-order valence-electron chi connectivity index (χ1n) is 8.47. The van der Waals surface area contributed by atoms with Crippen molar-refractivity contribution in [3.8, 4) is 0 Å². The van der Waals surface area contributed by atoms with Crippen LogP contribution in [0.3, 0.4) is 0 Å². The Labute approximate surface area is 155 Å². The van der Waals surface area contributed by atoms with Crippen molar-refractivity contribution < 1.29 is 9.53 Å². The number of hydrogen-bond donors (Lipinski definition) is 1. The van der Waals surface area contributed by atoms with E-state index in [9.17, 15) is 4.79 Å². The number of nitrogens with one attached hydrogen (secondary N) is 1. The molecule has 2 aliphatic rings. The number of benzene rings is 1. The standard InChI is InChI=1S/C19H20BrN3O2/c1-12-14(3-4-15-16(12)11-25-19(15)24)17-10-23(7-6-21-17)9-13-2-5-18(20)22-8-13/h2-5,8,17,21H,6-7,9-11H2,1H3/t17-/m0/s1. The molecule has 2 aliphatic heterocycles. The maximum atomic E-state index is 11.7. The number of ether oxygens (including phenoxy) is 1. The van der Waals surface area contributed by atoms with E-state index in [4.69, 9.17) is 4.74 Å². The summed E-state index contributed by atoms with van der Waals surface area (Å²) in [6.07, 6.45) is 1.92. The number of carbonyl (C=O) groups excluding carboxylic acids is 1. The van der Waals surface area contributed by atoms with Gasteiger partial charge in [-0.05, 0) is 51.7 Å². The van der Waals surface area contributed by atoms with Crippen LogP contribution in [0.1, 0.15) is 38.7 Å². The molecule has 0 radical (unpaired) electrons. The number of rotatable bonds is 3. The van der Waals surface area contributed by atoms with E-state index in [1.165, 1.54) is 16.7 Å². The van der Waals surface area contributed by atoms with E-state index in [-0.39, 0.29) is 12.0 Å². The number of piperazine rings is 1. The van der Waals surface area contributed by atoms with Crippen LogP contribution < -0.4 is 5.32 Å². The molecule has 6 heteroatoms. The van der Waals surface area contributed by atoms with Crippen molar-refractivity contribution in [1.82, 2.24) is 15.2 Å². The number of halogens is 1. The van der Waals surface area contributed by atoms with E-state index in [2.05, 4.69) is 50.2 Å². The van der Waals surface area contributed by atoms with Gasteiger partial charge in [-0.15, -0.1) is 0 Å². The number of cyclic esters (lactones) is 1. The lowest BCUT2D eigenvalue weighted by Gasteiger charge is -2.34. The lowest BCUT2D eigenvalue weighted by Crippen LogP contribution is -2.45. The lowest BCUT2D eigenvalue weighted by atomic mass is 9.93. The summed E-state index contributed by atoms with van der Waals surface area (Å²) in [5, 5.41) is 3.61. The van der Waals surface area contributed by atoms with Gasteiger partial charge >= 0.3 is 5.97 Å². The average Bonchev–Trinajstić information content (AvgIpc) is 3.00. The summed E-state index contributed by atoms with van der Waals surface area (Å²) in [5.41, 5.74) is 5.41. The Morgan fingerprint density at radius 3 is 3.04 bits per heavy atom. The van der Waals surface area contributed by atoms with Gasteiger partial charge in [0.05, 0.1) is 5.56 Å². The average molecular weight is 402 g/mol. The van der Waals surface area contributed by atoms with Gasteiger partial charge in [0.15, 0.2) is 0 Å². The Balaban J connectivity index is 1.52. The largest absolute Gasteiger partial charge is 0.457 e. The maximum Gasteiger partial charge on any atom is 0.338 e. The number of hydrogen-bond acceptors (Lipinski definition) is 5. The number of carbonyl (C=O) groups is 1. The zero-order valence-corrected chi connectivity index (χ0v) is 15.7. The van der Waals surface area contributed by atoms with Crippen molar-refractivity contribution in [2.75, 3.05) is 19.6 Å². The Bertz CT molecular complexity index is 807. The highest BCUT2D eigenvalue weighted by Gasteiger charge is 2.28. The molecule has 1 atom stereocenters. The minimum absolute atomic E-state index is 0.203. The van der Waals surface area contributed by atoms with Crippen LogP contribution in [-0.2, 0) is 17.9 Å². The summed E-state index contributed by atoms with van der Waals surface area (Å²) in [4.78, 5) is 18.5. The van der Waals surface area contributed by atoms with E-state index >= 15 is 0 Å². The Morgan fingerprint density at radius 1 is 1.36 bits per heavy atom. The Morgan fingerprint density at radius 2 is 2.24 bits per heavy atom. The molecule has 130 valence electrons. The topological polar surface area (TPSA) is 54.5 Å². The van der Waals surface area contributed by atoms with Gasteiger partial charge in [-0.25, -0.2) is 9.78 Å². The quantitative estimate of drug-likeness (QED) is 0.632. The van der Waals surface area contributed by atoms with Crippen LogP contribution in [0.4, 0.5) is 0 Å². The third-order valence-electron chi connectivity index (χ3n) is 5.04. The molecule has 0 aliphatic carbocycles. The lowest BCUT2D eigenvalue weighted by molar-refractivity contribution is 0.0535. The van der Waals surface area contributed by atoms with Gasteiger partial charge in [0.1, 0.15) is 11.2 Å². The van der Waals surface area contributed by atoms with Crippen LogP contribution in [0, 0.1) is 6.92 Å². The minimum atomic E-state index is -0.203. The van der Waals surface area contributed by atoms with Crippen molar-refractivity contribution in [3.05, 3.63) is 62.9 Å². The molecule has 1 fully saturated rings. The van der Waals surface area contributed by atoms with E-state index in [0.717, 1.165) is 41.9 Å².